The summed E-state index contributed by atoms with van der Waals surface area (Å²) in [5.74, 6) is -0.455. The van der Waals surface area contributed by atoms with Crippen LogP contribution in [-0.2, 0) is 11.2 Å². The zero-order valence-electron chi connectivity index (χ0n) is 22.2. The molecule has 2 N–H and O–H groups in total. The largest absolute Gasteiger partial charge is 0.326 e. The quantitative estimate of drug-likeness (QED) is 0.205. The summed E-state index contributed by atoms with van der Waals surface area (Å²) < 4.78 is 0. The lowest BCUT2D eigenvalue weighted by molar-refractivity contribution is -0.123. The smallest absolute Gasteiger partial charge is 0.272 e. The molecule has 1 heterocycles. The molecule has 2 amide bonds. The van der Waals surface area contributed by atoms with Crippen LogP contribution >= 0.6 is 11.6 Å². The Hall–Kier alpha value is -4.03. The third kappa shape index (κ3) is 6.09. The number of halogens is 1. The minimum absolute atomic E-state index is 0.0825. The number of anilines is 1. The molecule has 0 aliphatic carbocycles. The van der Waals surface area contributed by atoms with Gasteiger partial charge < -0.3 is 5.32 Å². The Kier molecular flexibility index (Phi) is 7.93. The summed E-state index contributed by atoms with van der Waals surface area (Å²) >= 11 is 6.48. The van der Waals surface area contributed by atoms with E-state index >= 15 is 0 Å². The Morgan fingerprint density at radius 2 is 1.68 bits per heavy atom. The third-order valence-corrected chi connectivity index (χ3v) is 6.54. The number of fused-ring (bicyclic) bond motifs is 1. The average molecular weight is 527 g/mol. The summed E-state index contributed by atoms with van der Waals surface area (Å²) in [6, 6.07) is 22.6. The molecule has 4 aromatic rings. The van der Waals surface area contributed by atoms with Crippen LogP contribution in [0, 0.1) is 5.41 Å². The molecule has 0 aliphatic heterocycles. The van der Waals surface area contributed by atoms with E-state index in [2.05, 4.69) is 34.9 Å². The predicted octanol–water partition coefficient (Wildman–Crippen LogP) is 7.26. The number of nitrogens with zero attached hydrogens (tertiary/aromatic N) is 2. The highest BCUT2D eigenvalue weighted by Crippen LogP contribution is 2.29. The molecule has 3 aromatic carbocycles. The van der Waals surface area contributed by atoms with E-state index in [9.17, 15) is 9.59 Å². The number of hydrogen-bond donors (Lipinski definition) is 2. The Balaban J connectivity index is 1.63. The van der Waals surface area contributed by atoms with Crippen LogP contribution < -0.4 is 10.7 Å². The normalized spacial score (nSPS) is 11.9. The lowest BCUT2D eigenvalue weighted by Crippen LogP contribution is -2.27. The minimum Gasteiger partial charge on any atom is -0.326 e. The SMILES string of the molecule is CCc1ccc(-c2cc(C(=O)N/N=C(/C)c3cccc(NC(=O)C(C)(C)C)c3)c3cccc(Cl)c3n2)cc1. The van der Waals surface area contributed by atoms with Gasteiger partial charge in [-0.05, 0) is 48.7 Å². The first kappa shape index (κ1) is 27.0. The van der Waals surface area contributed by atoms with Crippen LogP contribution in [-0.4, -0.2) is 22.5 Å². The van der Waals surface area contributed by atoms with Gasteiger partial charge in [-0.25, -0.2) is 10.4 Å². The summed E-state index contributed by atoms with van der Waals surface area (Å²) in [5, 5.41) is 8.38. The number of aryl methyl sites for hydroxylation is 1. The van der Waals surface area contributed by atoms with Crippen molar-refractivity contribution < 1.29 is 9.59 Å². The summed E-state index contributed by atoms with van der Waals surface area (Å²) in [4.78, 5) is 30.5. The molecule has 0 atom stereocenters. The molecule has 6 nitrogen and oxygen atoms in total. The molecule has 0 fully saturated rings. The van der Waals surface area contributed by atoms with E-state index in [1.807, 2.05) is 63.2 Å². The van der Waals surface area contributed by atoms with E-state index in [1.165, 1.54) is 5.56 Å². The minimum atomic E-state index is -0.514. The molecule has 4 rings (SSSR count). The molecule has 0 saturated heterocycles. The molecule has 194 valence electrons. The number of benzene rings is 3. The van der Waals surface area contributed by atoms with Gasteiger partial charge in [0.2, 0.25) is 5.91 Å². The van der Waals surface area contributed by atoms with Crippen molar-refractivity contribution in [3.63, 3.8) is 0 Å². The van der Waals surface area contributed by atoms with Gasteiger partial charge in [0.25, 0.3) is 5.91 Å². The molecule has 0 spiro atoms. The van der Waals surface area contributed by atoms with Crippen molar-refractivity contribution in [3.05, 3.63) is 94.5 Å². The first-order chi connectivity index (χ1) is 18.1. The standard InChI is InChI=1S/C31H31ClN4O2/c1-6-20-13-15-21(16-14-20)27-18-25(24-11-8-12-26(32)28(24)34-27)29(37)36-35-19(2)22-9-7-10-23(17-22)33-30(38)31(3,4)5/h7-18H,6H2,1-5H3,(H,33,38)(H,36,37)/b35-19-. The zero-order chi connectivity index (χ0) is 27.4. The number of carbonyl (C=O) groups is 2. The molecule has 1 aromatic heterocycles. The first-order valence-corrected chi connectivity index (χ1v) is 12.9. The monoisotopic (exact) mass is 526 g/mol. The Bertz CT molecular complexity index is 1540. The van der Waals surface area contributed by atoms with Crippen molar-refractivity contribution in [2.45, 2.75) is 41.0 Å². The summed E-state index contributed by atoms with van der Waals surface area (Å²) in [7, 11) is 0. The molecule has 0 radical (unpaired) electrons. The second kappa shape index (κ2) is 11.2. The Morgan fingerprint density at radius 1 is 0.974 bits per heavy atom. The number of hydrogen-bond acceptors (Lipinski definition) is 4. The summed E-state index contributed by atoms with van der Waals surface area (Å²) in [6.45, 7) is 9.47. The number of carbonyl (C=O) groups excluding carboxylic acids is 2. The lowest BCUT2D eigenvalue weighted by Gasteiger charge is -2.18. The van der Waals surface area contributed by atoms with Gasteiger partial charge in [-0.15, -0.1) is 0 Å². The van der Waals surface area contributed by atoms with Crippen molar-refractivity contribution in [3.8, 4) is 11.3 Å². The number of nitrogens with one attached hydrogen (secondary N) is 2. The average Bonchev–Trinajstić information content (AvgIpc) is 2.91. The van der Waals surface area contributed by atoms with Crippen molar-refractivity contribution in [1.29, 1.82) is 0 Å². The van der Waals surface area contributed by atoms with E-state index in [0.29, 0.717) is 38.6 Å². The van der Waals surface area contributed by atoms with Crippen molar-refractivity contribution in [2.24, 2.45) is 10.5 Å². The van der Waals surface area contributed by atoms with Crippen LogP contribution in [0.15, 0.2) is 77.9 Å². The second-order valence-corrected chi connectivity index (χ2v) is 10.6. The highest BCUT2D eigenvalue weighted by molar-refractivity contribution is 6.35. The number of aromatic nitrogens is 1. The van der Waals surface area contributed by atoms with Gasteiger partial charge in [0.1, 0.15) is 0 Å². The van der Waals surface area contributed by atoms with Crippen LogP contribution in [0.5, 0.6) is 0 Å². The summed E-state index contributed by atoms with van der Waals surface area (Å²) in [5.41, 5.74) is 7.95. The number of hydrazone groups is 1. The molecule has 0 aliphatic rings. The van der Waals surface area contributed by atoms with E-state index in [-0.39, 0.29) is 11.8 Å². The highest BCUT2D eigenvalue weighted by Gasteiger charge is 2.21. The zero-order valence-corrected chi connectivity index (χ0v) is 23.0. The van der Waals surface area contributed by atoms with Crippen LogP contribution in [0.1, 0.15) is 56.1 Å². The molecule has 0 saturated carbocycles. The van der Waals surface area contributed by atoms with Gasteiger partial charge in [-0.2, -0.15) is 5.10 Å². The fourth-order valence-electron chi connectivity index (χ4n) is 3.86. The third-order valence-electron chi connectivity index (χ3n) is 6.24. The molecule has 38 heavy (non-hydrogen) atoms. The predicted molar refractivity (Wildman–Crippen MR) is 156 cm³/mol. The van der Waals surface area contributed by atoms with Crippen molar-refractivity contribution >= 4 is 45.7 Å². The maximum Gasteiger partial charge on any atom is 0.272 e. The van der Waals surface area contributed by atoms with Gasteiger partial charge in [0.15, 0.2) is 0 Å². The first-order valence-electron chi connectivity index (χ1n) is 12.5. The van der Waals surface area contributed by atoms with Crippen LogP contribution in [0.4, 0.5) is 5.69 Å². The maximum atomic E-state index is 13.4. The number of pyridine rings is 1. The number of amides is 2. The van der Waals surface area contributed by atoms with Crippen molar-refractivity contribution in [1.82, 2.24) is 10.4 Å². The maximum absolute atomic E-state index is 13.4. The Morgan fingerprint density at radius 3 is 2.37 bits per heavy atom. The molecule has 0 unspecified atom stereocenters. The van der Waals surface area contributed by atoms with Gasteiger partial charge in [0.05, 0.1) is 27.5 Å². The molecular formula is C31H31ClN4O2. The van der Waals surface area contributed by atoms with Crippen molar-refractivity contribution in [2.75, 3.05) is 5.32 Å². The number of para-hydroxylation sites is 1. The van der Waals surface area contributed by atoms with Crippen LogP contribution in [0.25, 0.3) is 22.2 Å². The van der Waals surface area contributed by atoms with Gasteiger partial charge in [-0.3, -0.25) is 9.59 Å². The van der Waals surface area contributed by atoms with E-state index in [0.717, 1.165) is 17.5 Å². The fourth-order valence-corrected chi connectivity index (χ4v) is 4.08. The molecule has 7 heteroatoms. The number of rotatable bonds is 6. The highest BCUT2D eigenvalue weighted by atomic mass is 35.5. The van der Waals surface area contributed by atoms with E-state index < -0.39 is 5.41 Å². The van der Waals surface area contributed by atoms with Gasteiger partial charge in [-0.1, -0.05) is 87.8 Å². The van der Waals surface area contributed by atoms with Crippen LogP contribution in [0.3, 0.4) is 0 Å². The fraction of sp³-hybridized carbons (Fsp3) is 0.226. The van der Waals surface area contributed by atoms with Gasteiger partial charge in [0, 0.05) is 22.1 Å². The lowest BCUT2D eigenvalue weighted by atomic mass is 9.95. The molecular weight excluding hydrogens is 496 g/mol. The van der Waals surface area contributed by atoms with E-state index in [1.54, 1.807) is 25.1 Å². The summed E-state index contributed by atoms with van der Waals surface area (Å²) in [6.07, 6.45) is 0.939. The van der Waals surface area contributed by atoms with Crippen LogP contribution in [0.2, 0.25) is 5.02 Å². The van der Waals surface area contributed by atoms with E-state index in [4.69, 9.17) is 16.6 Å². The topological polar surface area (TPSA) is 83.5 Å². The molecule has 0 bridgehead atoms. The Labute approximate surface area is 228 Å². The van der Waals surface area contributed by atoms with Gasteiger partial charge >= 0.3 is 0 Å². The second-order valence-electron chi connectivity index (χ2n) is 10.2.